The van der Waals surface area contributed by atoms with Crippen molar-refractivity contribution in [2.45, 2.75) is 25.2 Å². The minimum absolute atomic E-state index is 0.0506. The van der Waals surface area contributed by atoms with Crippen molar-refractivity contribution in [1.82, 2.24) is 0 Å². The number of rotatable bonds is 2. The predicted molar refractivity (Wildman–Crippen MR) is 63.4 cm³/mol. The van der Waals surface area contributed by atoms with Gasteiger partial charge in [-0.05, 0) is 42.4 Å². The molecule has 88 valence electrons. The van der Waals surface area contributed by atoms with Crippen molar-refractivity contribution in [3.63, 3.8) is 0 Å². The van der Waals surface area contributed by atoms with Gasteiger partial charge in [0.2, 0.25) is 9.05 Å². The molecule has 2 rings (SSSR count). The molecule has 16 heavy (non-hydrogen) atoms. The van der Waals surface area contributed by atoms with E-state index in [0.29, 0.717) is 0 Å². The molecule has 0 saturated heterocycles. The van der Waals surface area contributed by atoms with Crippen molar-refractivity contribution in [2.24, 2.45) is 0 Å². The van der Waals surface area contributed by atoms with Crippen LogP contribution in [0, 0.1) is 0 Å². The fourth-order valence-corrected chi connectivity index (χ4v) is 3.62. The Hall–Kier alpha value is -0.740. The Morgan fingerprint density at radius 3 is 2.88 bits per heavy atom. The predicted octanol–water partition coefficient (Wildman–Crippen LogP) is 2.38. The summed E-state index contributed by atoms with van der Waals surface area (Å²) in [4.78, 5) is 0. The molecular weight excluding hydrogens is 248 g/mol. The highest BCUT2D eigenvalue weighted by Gasteiger charge is 2.25. The van der Waals surface area contributed by atoms with Crippen LogP contribution >= 0.6 is 10.7 Å². The summed E-state index contributed by atoms with van der Waals surface area (Å²) in [7, 11) is 1.79. The maximum Gasteiger partial charge on any atom is 0.233 e. The van der Waals surface area contributed by atoms with E-state index < -0.39 is 9.05 Å². The van der Waals surface area contributed by atoms with Gasteiger partial charge in [0.1, 0.15) is 5.75 Å². The van der Waals surface area contributed by atoms with Gasteiger partial charge in [0.05, 0.1) is 5.75 Å². The number of benzene rings is 1. The number of hydrogen-bond acceptors (Lipinski definition) is 3. The van der Waals surface area contributed by atoms with Crippen molar-refractivity contribution in [3.8, 4) is 5.75 Å². The van der Waals surface area contributed by atoms with E-state index in [1.165, 1.54) is 0 Å². The summed E-state index contributed by atoms with van der Waals surface area (Å²) in [5.41, 5.74) is 1.80. The van der Waals surface area contributed by atoms with Gasteiger partial charge >= 0.3 is 0 Å². The summed E-state index contributed by atoms with van der Waals surface area (Å²) >= 11 is 0. The zero-order valence-electron chi connectivity index (χ0n) is 8.69. The Morgan fingerprint density at radius 2 is 2.19 bits per heavy atom. The van der Waals surface area contributed by atoms with Gasteiger partial charge in [-0.3, -0.25) is 0 Å². The summed E-state index contributed by atoms with van der Waals surface area (Å²) in [5.74, 6) is 0.123. The summed E-state index contributed by atoms with van der Waals surface area (Å²) in [6.07, 6.45) is 2.50. The van der Waals surface area contributed by atoms with Crippen LogP contribution in [0.1, 0.15) is 29.9 Å². The highest BCUT2D eigenvalue weighted by molar-refractivity contribution is 8.13. The summed E-state index contributed by atoms with van der Waals surface area (Å²) in [6, 6.07) is 5.25. The molecule has 1 aromatic rings. The molecule has 1 N–H and O–H groups in total. The SMILES string of the molecule is O=S(=O)(Cl)CC1CCCc2c(O)cccc21. The molecule has 5 heteroatoms. The van der Waals surface area contributed by atoms with Crippen LogP contribution in [-0.4, -0.2) is 19.3 Å². The first-order chi connectivity index (χ1) is 7.47. The van der Waals surface area contributed by atoms with Crippen LogP contribution in [0.3, 0.4) is 0 Å². The lowest BCUT2D eigenvalue weighted by molar-refractivity contribution is 0.456. The number of hydrogen-bond donors (Lipinski definition) is 1. The Labute approximate surface area is 99.5 Å². The zero-order valence-corrected chi connectivity index (χ0v) is 10.3. The second kappa shape index (κ2) is 4.26. The molecule has 0 amide bonds. The summed E-state index contributed by atoms with van der Waals surface area (Å²) in [6.45, 7) is 0. The highest BCUT2D eigenvalue weighted by atomic mass is 35.7. The molecule has 0 bridgehead atoms. The third-order valence-corrected chi connectivity index (χ3v) is 4.19. The molecule has 0 spiro atoms. The fraction of sp³-hybridized carbons (Fsp3) is 0.455. The average molecular weight is 261 g/mol. The minimum atomic E-state index is -3.49. The number of aromatic hydroxyl groups is 1. The Balaban J connectivity index is 2.37. The lowest BCUT2D eigenvalue weighted by Crippen LogP contribution is -2.16. The van der Waals surface area contributed by atoms with Crippen molar-refractivity contribution in [2.75, 3.05) is 5.75 Å². The molecule has 1 unspecified atom stereocenters. The van der Waals surface area contributed by atoms with Crippen LogP contribution in [0.4, 0.5) is 0 Å². The molecule has 0 heterocycles. The maximum atomic E-state index is 11.1. The second-order valence-electron chi connectivity index (χ2n) is 4.14. The van der Waals surface area contributed by atoms with E-state index in [1.54, 1.807) is 12.1 Å². The first kappa shape index (κ1) is 11.7. The van der Waals surface area contributed by atoms with E-state index in [2.05, 4.69) is 0 Å². The zero-order chi connectivity index (χ0) is 11.8. The topological polar surface area (TPSA) is 54.4 Å². The monoisotopic (exact) mass is 260 g/mol. The van der Waals surface area contributed by atoms with E-state index in [4.69, 9.17) is 10.7 Å². The smallest absolute Gasteiger partial charge is 0.233 e. The van der Waals surface area contributed by atoms with Gasteiger partial charge in [0.15, 0.2) is 0 Å². The number of halogens is 1. The molecule has 3 nitrogen and oxygen atoms in total. The number of phenols is 1. The van der Waals surface area contributed by atoms with Crippen LogP contribution in [0.15, 0.2) is 18.2 Å². The van der Waals surface area contributed by atoms with Gasteiger partial charge in [-0.2, -0.15) is 0 Å². The molecule has 0 radical (unpaired) electrons. The molecule has 0 saturated carbocycles. The van der Waals surface area contributed by atoms with E-state index >= 15 is 0 Å². The van der Waals surface area contributed by atoms with Crippen LogP contribution in [-0.2, 0) is 15.5 Å². The van der Waals surface area contributed by atoms with Crippen molar-refractivity contribution >= 4 is 19.7 Å². The number of phenolic OH excluding ortho intramolecular Hbond substituents is 1. The van der Waals surface area contributed by atoms with Gasteiger partial charge in [0.25, 0.3) is 0 Å². The molecule has 1 aliphatic rings. The standard InChI is InChI=1S/C11H13ClO3S/c12-16(14,15)7-8-3-1-5-10-9(8)4-2-6-11(10)13/h2,4,6,8,13H,1,3,5,7H2. The molecule has 1 aromatic carbocycles. The average Bonchev–Trinajstić information content (AvgIpc) is 2.17. The summed E-state index contributed by atoms with van der Waals surface area (Å²) < 4.78 is 22.2. The van der Waals surface area contributed by atoms with Crippen LogP contribution < -0.4 is 0 Å². The molecule has 1 aliphatic carbocycles. The molecule has 1 atom stereocenters. The highest BCUT2D eigenvalue weighted by Crippen LogP contribution is 2.37. The van der Waals surface area contributed by atoms with Crippen molar-refractivity contribution < 1.29 is 13.5 Å². The Morgan fingerprint density at radius 1 is 1.44 bits per heavy atom. The van der Waals surface area contributed by atoms with Gasteiger partial charge in [-0.15, -0.1) is 0 Å². The largest absolute Gasteiger partial charge is 0.508 e. The fourth-order valence-electron chi connectivity index (χ4n) is 2.34. The Bertz CT molecular complexity index is 496. The third kappa shape index (κ3) is 2.50. The quantitative estimate of drug-likeness (QED) is 0.831. The lowest BCUT2D eigenvalue weighted by atomic mass is 9.83. The van der Waals surface area contributed by atoms with Crippen molar-refractivity contribution in [1.29, 1.82) is 0 Å². The first-order valence-corrected chi connectivity index (χ1v) is 7.68. The van der Waals surface area contributed by atoms with E-state index in [1.807, 2.05) is 6.07 Å². The van der Waals surface area contributed by atoms with Gasteiger partial charge < -0.3 is 5.11 Å². The minimum Gasteiger partial charge on any atom is -0.508 e. The van der Waals surface area contributed by atoms with Crippen molar-refractivity contribution in [3.05, 3.63) is 29.3 Å². The van der Waals surface area contributed by atoms with Crippen LogP contribution in [0.2, 0.25) is 0 Å². The normalized spacial score (nSPS) is 20.4. The molecule has 0 aliphatic heterocycles. The van der Waals surface area contributed by atoms with Gasteiger partial charge in [-0.1, -0.05) is 12.1 Å². The molecular formula is C11H13ClO3S. The van der Waals surface area contributed by atoms with Crippen LogP contribution in [0.5, 0.6) is 5.75 Å². The third-order valence-electron chi connectivity index (χ3n) is 3.01. The van der Waals surface area contributed by atoms with E-state index in [-0.39, 0.29) is 17.4 Å². The van der Waals surface area contributed by atoms with Gasteiger partial charge in [0, 0.05) is 10.7 Å². The maximum absolute atomic E-state index is 11.1. The second-order valence-corrected chi connectivity index (χ2v) is 6.96. The van der Waals surface area contributed by atoms with E-state index in [0.717, 1.165) is 30.4 Å². The number of fused-ring (bicyclic) bond motifs is 1. The van der Waals surface area contributed by atoms with Crippen LogP contribution in [0.25, 0.3) is 0 Å². The summed E-state index contributed by atoms with van der Waals surface area (Å²) in [5, 5.41) is 9.69. The Kier molecular flexibility index (Phi) is 3.13. The van der Waals surface area contributed by atoms with E-state index in [9.17, 15) is 13.5 Å². The lowest BCUT2D eigenvalue weighted by Gasteiger charge is -2.24. The first-order valence-electron chi connectivity index (χ1n) is 5.20. The van der Waals surface area contributed by atoms with Gasteiger partial charge in [-0.25, -0.2) is 8.42 Å². The molecule has 0 aromatic heterocycles. The molecule has 0 fully saturated rings.